The lowest BCUT2D eigenvalue weighted by Crippen LogP contribution is -2.28. The predicted molar refractivity (Wildman–Crippen MR) is 80.1 cm³/mol. The van der Waals surface area contributed by atoms with Gasteiger partial charge >= 0.3 is 0 Å². The van der Waals surface area contributed by atoms with Crippen LogP contribution in [0.4, 0.5) is 0 Å². The lowest BCUT2D eigenvalue weighted by atomic mass is 9.88. The molecular weight excluding hydrogens is 284 g/mol. The maximum Gasteiger partial charge on any atom is 0.185 e. The third-order valence-corrected chi connectivity index (χ3v) is 7.17. The van der Waals surface area contributed by atoms with Crippen molar-refractivity contribution in [3.05, 3.63) is 54.0 Å². The monoisotopic (exact) mass is 302 g/mol. The van der Waals surface area contributed by atoms with Crippen LogP contribution >= 0.6 is 0 Å². The molecule has 1 aromatic carbocycles. The summed E-state index contributed by atoms with van der Waals surface area (Å²) >= 11 is 0. The molecule has 0 bridgehead atoms. The molecule has 1 heterocycles. The van der Waals surface area contributed by atoms with Crippen LogP contribution in [0.5, 0.6) is 0 Å². The Bertz CT molecular complexity index is 731. The molecule has 0 amide bonds. The van der Waals surface area contributed by atoms with Crippen LogP contribution < -0.4 is 0 Å². The molecule has 110 valence electrons. The quantitative estimate of drug-likeness (QED) is 0.786. The van der Waals surface area contributed by atoms with E-state index in [2.05, 4.69) is 6.58 Å². The van der Waals surface area contributed by atoms with Gasteiger partial charge in [-0.3, -0.25) is 0 Å². The van der Waals surface area contributed by atoms with Gasteiger partial charge in [0.1, 0.15) is 11.5 Å². The summed E-state index contributed by atoms with van der Waals surface area (Å²) in [6.45, 7) is 4.18. The maximum absolute atomic E-state index is 13.0. The Hall–Kier alpha value is -1.55. The van der Waals surface area contributed by atoms with Gasteiger partial charge in [0, 0.05) is 12.3 Å². The number of ether oxygens (including phenoxy) is 1. The van der Waals surface area contributed by atoms with Crippen molar-refractivity contribution in [2.45, 2.75) is 35.8 Å². The lowest BCUT2D eigenvalue weighted by Gasteiger charge is -2.25. The normalized spacial score (nSPS) is 31.2. The molecule has 4 heteroatoms. The molecule has 3 nitrogen and oxygen atoms in total. The van der Waals surface area contributed by atoms with Gasteiger partial charge in [-0.2, -0.15) is 0 Å². The van der Waals surface area contributed by atoms with Gasteiger partial charge in [0.15, 0.2) is 9.84 Å². The molecule has 21 heavy (non-hydrogen) atoms. The van der Waals surface area contributed by atoms with E-state index in [0.29, 0.717) is 17.2 Å². The Morgan fingerprint density at radius 1 is 1.10 bits per heavy atom. The molecule has 1 aromatic rings. The molecule has 0 saturated heterocycles. The zero-order valence-corrected chi connectivity index (χ0v) is 12.6. The molecule has 3 atom stereocenters. The van der Waals surface area contributed by atoms with E-state index in [-0.39, 0.29) is 5.92 Å². The molecule has 1 fully saturated rings. The maximum atomic E-state index is 13.0. The number of fused-ring (bicyclic) bond motifs is 2. The first-order valence-corrected chi connectivity index (χ1v) is 9.02. The van der Waals surface area contributed by atoms with Crippen LogP contribution in [0, 0.1) is 11.8 Å². The average molecular weight is 302 g/mol. The van der Waals surface area contributed by atoms with Crippen molar-refractivity contribution in [1.82, 2.24) is 0 Å². The van der Waals surface area contributed by atoms with Crippen LogP contribution in [0.25, 0.3) is 0 Å². The van der Waals surface area contributed by atoms with Gasteiger partial charge in [-0.05, 0) is 30.9 Å². The van der Waals surface area contributed by atoms with Crippen molar-refractivity contribution < 1.29 is 13.2 Å². The Morgan fingerprint density at radius 3 is 2.57 bits per heavy atom. The van der Waals surface area contributed by atoms with E-state index in [1.165, 1.54) is 0 Å². The van der Waals surface area contributed by atoms with Crippen LogP contribution in [0.15, 0.2) is 58.9 Å². The van der Waals surface area contributed by atoms with Crippen molar-refractivity contribution in [2.75, 3.05) is 0 Å². The van der Waals surface area contributed by atoms with E-state index in [0.717, 1.165) is 36.4 Å². The minimum absolute atomic E-state index is 0.267. The molecule has 4 rings (SSSR count). The molecule has 1 saturated carbocycles. The molecule has 0 aromatic heterocycles. The second-order valence-corrected chi connectivity index (χ2v) is 8.29. The average Bonchev–Trinajstić information content (AvgIpc) is 3.11. The first-order valence-electron chi connectivity index (χ1n) is 7.47. The molecule has 0 spiro atoms. The van der Waals surface area contributed by atoms with E-state index >= 15 is 0 Å². The smallest absolute Gasteiger partial charge is 0.185 e. The summed E-state index contributed by atoms with van der Waals surface area (Å²) in [6, 6.07) is 8.70. The van der Waals surface area contributed by atoms with Gasteiger partial charge in [0.2, 0.25) is 0 Å². The van der Waals surface area contributed by atoms with Gasteiger partial charge in [-0.1, -0.05) is 36.8 Å². The van der Waals surface area contributed by atoms with Crippen LogP contribution in [0.3, 0.4) is 0 Å². The van der Waals surface area contributed by atoms with Gasteiger partial charge in [0.25, 0.3) is 0 Å². The third-order valence-electron chi connectivity index (χ3n) is 5.03. The van der Waals surface area contributed by atoms with Crippen molar-refractivity contribution >= 4 is 9.84 Å². The number of rotatable bonds is 2. The SMILES string of the molecule is C=C1[C@@H]2CCC[C@H]2C2=C(C[C@@H]1S(=O)(=O)c1ccccc1)O2. The topological polar surface area (TPSA) is 46.7 Å². The van der Waals surface area contributed by atoms with Crippen LogP contribution in [0.2, 0.25) is 0 Å². The molecule has 0 radical (unpaired) electrons. The van der Waals surface area contributed by atoms with Crippen molar-refractivity contribution in [3.63, 3.8) is 0 Å². The number of hydrogen-bond acceptors (Lipinski definition) is 3. The number of benzene rings is 1. The summed E-state index contributed by atoms with van der Waals surface area (Å²) in [5.74, 6) is 2.60. The molecule has 0 unspecified atom stereocenters. The number of sulfone groups is 1. The summed E-state index contributed by atoms with van der Waals surface area (Å²) in [4.78, 5) is 0.385. The van der Waals surface area contributed by atoms with E-state index in [4.69, 9.17) is 4.74 Å². The second-order valence-electron chi connectivity index (χ2n) is 6.16. The van der Waals surface area contributed by atoms with Crippen LogP contribution in [-0.2, 0) is 14.6 Å². The third kappa shape index (κ3) is 1.96. The van der Waals surface area contributed by atoms with E-state index in [1.807, 2.05) is 6.07 Å². The standard InChI is InChI=1S/C17H18O3S/c1-11-13-8-5-9-14(13)17-15(20-17)10-16(11)21(18,19)12-6-3-2-4-7-12/h2-4,6-7,13-14,16H,1,5,8-10H2/t13-,14+,16-/m0/s1. The van der Waals surface area contributed by atoms with Crippen molar-refractivity contribution in [1.29, 1.82) is 0 Å². The number of hydrogen-bond donors (Lipinski definition) is 0. The Morgan fingerprint density at radius 2 is 1.81 bits per heavy atom. The van der Waals surface area contributed by atoms with Gasteiger partial charge in [-0.25, -0.2) is 8.42 Å². The fraction of sp³-hybridized carbons (Fsp3) is 0.412. The van der Waals surface area contributed by atoms with Crippen molar-refractivity contribution in [3.8, 4) is 0 Å². The molecule has 1 aliphatic heterocycles. The molecule has 0 N–H and O–H groups in total. The highest BCUT2D eigenvalue weighted by Crippen LogP contribution is 2.54. The summed E-state index contributed by atoms with van der Waals surface area (Å²) in [5, 5.41) is -0.541. The minimum atomic E-state index is -3.39. The predicted octanol–water partition coefficient (Wildman–Crippen LogP) is 3.45. The Labute approximate surface area is 125 Å². The highest BCUT2D eigenvalue weighted by molar-refractivity contribution is 7.92. The number of allylic oxidation sites excluding steroid dienone is 2. The summed E-state index contributed by atoms with van der Waals surface area (Å²) in [5.41, 5.74) is 0.886. The fourth-order valence-electron chi connectivity index (χ4n) is 3.87. The summed E-state index contributed by atoms with van der Waals surface area (Å²) in [7, 11) is -3.39. The largest absolute Gasteiger partial charge is 0.459 e. The zero-order valence-electron chi connectivity index (χ0n) is 11.8. The zero-order chi connectivity index (χ0) is 14.6. The van der Waals surface area contributed by atoms with E-state index < -0.39 is 15.1 Å². The van der Waals surface area contributed by atoms with Gasteiger partial charge in [-0.15, -0.1) is 0 Å². The fourth-order valence-corrected chi connectivity index (χ4v) is 5.68. The van der Waals surface area contributed by atoms with E-state index in [9.17, 15) is 8.42 Å². The Balaban J connectivity index is 1.75. The van der Waals surface area contributed by atoms with Gasteiger partial charge < -0.3 is 4.74 Å². The molecular formula is C17H18O3S. The molecule has 3 aliphatic rings. The Kier molecular flexibility index (Phi) is 2.80. The summed E-state index contributed by atoms with van der Waals surface area (Å²) in [6.07, 6.45) is 3.72. The first kappa shape index (κ1) is 13.1. The first-order chi connectivity index (χ1) is 10.1. The second kappa shape index (κ2) is 4.47. The lowest BCUT2D eigenvalue weighted by molar-refractivity contribution is 0.351. The van der Waals surface area contributed by atoms with Crippen LogP contribution in [-0.4, -0.2) is 13.7 Å². The van der Waals surface area contributed by atoms with Gasteiger partial charge in [0.05, 0.1) is 10.1 Å². The highest BCUT2D eigenvalue weighted by atomic mass is 32.2. The van der Waals surface area contributed by atoms with E-state index in [1.54, 1.807) is 24.3 Å². The van der Waals surface area contributed by atoms with Crippen molar-refractivity contribution in [2.24, 2.45) is 11.8 Å². The minimum Gasteiger partial charge on any atom is -0.459 e. The molecule has 2 aliphatic carbocycles. The summed E-state index contributed by atoms with van der Waals surface area (Å²) < 4.78 is 31.5. The highest BCUT2D eigenvalue weighted by Gasteiger charge is 2.49. The van der Waals surface area contributed by atoms with Crippen LogP contribution in [0.1, 0.15) is 25.7 Å².